The maximum absolute atomic E-state index is 12.7. The van der Waals surface area contributed by atoms with E-state index in [1.807, 2.05) is 43.5 Å². The van der Waals surface area contributed by atoms with E-state index in [1.165, 1.54) is 10.6 Å². The number of aromatic nitrogens is 3. The van der Waals surface area contributed by atoms with Gasteiger partial charge in [0.25, 0.3) is 5.91 Å². The zero-order valence-electron chi connectivity index (χ0n) is 14.9. The predicted molar refractivity (Wildman–Crippen MR) is 99.9 cm³/mol. The van der Waals surface area contributed by atoms with E-state index >= 15 is 0 Å². The van der Waals surface area contributed by atoms with E-state index in [4.69, 9.17) is 0 Å². The second-order valence-electron chi connectivity index (χ2n) is 6.26. The number of nitrogens with one attached hydrogen (secondary N) is 1. The van der Waals surface area contributed by atoms with Crippen molar-refractivity contribution in [2.24, 2.45) is 7.05 Å². The van der Waals surface area contributed by atoms with Crippen LogP contribution in [0.5, 0.6) is 0 Å². The molecule has 0 aliphatic heterocycles. The first-order valence-corrected chi connectivity index (χ1v) is 8.55. The number of hydrogen-bond donors (Lipinski definition) is 1. The van der Waals surface area contributed by atoms with Crippen LogP contribution >= 0.6 is 0 Å². The summed E-state index contributed by atoms with van der Waals surface area (Å²) in [7, 11) is 1.63. The summed E-state index contributed by atoms with van der Waals surface area (Å²) in [6.07, 6.45) is 6.00. The molecule has 26 heavy (non-hydrogen) atoms. The molecule has 0 aliphatic carbocycles. The average Bonchev–Trinajstić information content (AvgIpc) is 3.06. The van der Waals surface area contributed by atoms with E-state index in [0.29, 0.717) is 5.56 Å². The third-order valence-electron chi connectivity index (χ3n) is 4.44. The Hall–Kier alpha value is -3.15. The molecule has 0 saturated heterocycles. The van der Waals surface area contributed by atoms with E-state index in [-0.39, 0.29) is 17.5 Å². The van der Waals surface area contributed by atoms with E-state index < -0.39 is 0 Å². The van der Waals surface area contributed by atoms with Crippen molar-refractivity contribution in [1.82, 2.24) is 19.4 Å². The number of benzene rings is 1. The molecular weight excluding hydrogens is 328 g/mol. The molecule has 1 amide bonds. The molecule has 0 saturated carbocycles. The van der Waals surface area contributed by atoms with Crippen molar-refractivity contribution in [1.29, 1.82) is 0 Å². The Morgan fingerprint density at radius 1 is 1.19 bits per heavy atom. The van der Waals surface area contributed by atoms with Gasteiger partial charge < -0.3 is 14.5 Å². The summed E-state index contributed by atoms with van der Waals surface area (Å²) >= 11 is 0. The van der Waals surface area contributed by atoms with Crippen LogP contribution in [-0.2, 0) is 13.6 Å². The molecule has 0 unspecified atom stereocenters. The van der Waals surface area contributed by atoms with E-state index in [1.54, 1.807) is 25.5 Å². The number of pyridine rings is 1. The van der Waals surface area contributed by atoms with Gasteiger partial charge in [0.2, 0.25) is 5.56 Å². The third-order valence-corrected chi connectivity index (χ3v) is 4.44. The van der Waals surface area contributed by atoms with Crippen molar-refractivity contribution in [2.75, 3.05) is 0 Å². The van der Waals surface area contributed by atoms with Gasteiger partial charge >= 0.3 is 0 Å². The topological polar surface area (TPSA) is 68.9 Å². The number of aryl methyl sites for hydroxylation is 3. The van der Waals surface area contributed by atoms with Gasteiger partial charge in [-0.25, -0.2) is 4.98 Å². The summed E-state index contributed by atoms with van der Waals surface area (Å²) in [5.74, 6) is 0.748. The number of amides is 1. The zero-order valence-corrected chi connectivity index (χ0v) is 14.9. The SMILES string of the molecule is Cc1nccn1CC[C@@H](NC(=O)c1ccc(=O)n(C)c1)c1ccccc1. The number of carbonyl (C=O) groups excluding carboxylic acids is 1. The highest BCUT2D eigenvalue weighted by molar-refractivity contribution is 5.94. The minimum Gasteiger partial charge on any atom is -0.345 e. The van der Waals surface area contributed by atoms with Crippen LogP contribution in [-0.4, -0.2) is 20.0 Å². The van der Waals surface area contributed by atoms with Gasteiger partial charge in [-0.15, -0.1) is 0 Å². The van der Waals surface area contributed by atoms with E-state index in [0.717, 1.165) is 24.4 Å². The number of nitrogens with zero attached hydrogens (tertiary/aromatic N) is 3. The fourth-order valence-electron chi connectivity index (χ4n) is 2.89. The van der Waals surface area contributed by atoms with Crippen LogP contribution in [0.3, 0.4) is 0 Å². The highest BCUT2D eigenvalue weighted by atomic mass is 16.2. The van der Waals surface area contributed by atoms with Crippen LogP contribution in [0.1, 0.15) is 34.2 Å². The molecule has 6 nitrogen and oxygen atoms in total. The summed E-state index contributed by atoms with van der Waals surface area (Å²) in [5.41, 5.74) is 1.37. The van der Waals surface area contributed by atoms with Crippen LogP contribution < -0.4 is 10.9 Å². The highest BCUT2D eigenvalue weighted by Gasteiger charge is 2.16. The van der Waals surface area contributed by atoms with E-state index in [9.17, 15) is 9.59 Å². The fourth-order valence-corrected chi connectivity index (χ4v) is 2.89. The lowest BCUT2D eigenvalue weighted by Crippen LogP contribution is -2.30. The van der Waals surface area contributed by atoms with Crippen molar-refractivity contribution in [2.45, 2.75) is 25.9 Å². The van der Waals surface area contributed by atoms with Crippen LogP contribution in [0.15, 0.2) is 65.8 Å². The number of carbonyl (C=O) groups is 1. The lowest BCUT2D eigenvalue weighted by Gasteiger charge is -2.20. The molecule has 3 rings (SSSR count). The molecule has 0 spiro atoms. The summed E-state index contributed by atoms with van der Waals surface area (Å²) in [5, 5.41) is 3.09. The zero-order chi connectivity index (χ0) is 18.5. The first kappa shape index (κ1) is 17.7. The second kappa shape index (κ2) is 7.82. The second-order valence-corrected chi connectivity index (χ2v) is 6.26. The first-order valence-electron chi connectivity index (χ1n) is 8.55. The monoisotopic (exact) mass is 350 g/mol. The van der Waals surface area contributed by atoms with Crippen molar-refractivity contribution in [3.8, 4) is 0 Å². The van der Waals surface area contributed by atoms with Crippen LogP contribution in [0, 0.1) is 6.92 Å². The molecule has 1 N–H and O–H groups in total. The maximum Gasteiger partial charge on any atom is 0.253 e. The highest BCUT2D eigenvalue weighted by Crippen LogP contribution is 2.18. The van der Waals surface area contributed by atoms with E-state index in [2.05, 4.69) is 14.9 Å². The first-order chi connectivity index (χ1) is 12.5. The lowest BCUT2D eigenvalue weighted by molar-refractivity contribution is 0.0932. The molecule has 3 aromatic rings. The number of rotatable bonds is 6. The smallest absolute Gasteiger partial charge is 0.253 e. The van der Waals surface area contributed by atoms with Crippen LogP contribution in [0.25, 0.3) is 0 Å². The molecule has 0 fully saturated rings. The van der Waals surface area contributed by atoms with Gasteiger partial charge in [0.1, 0.15) is 5.82 Å². The van der Waals surface area contributed by atoms with Gasteiger partial charge in [0, 0.05) is 38.2 Å². The van der Waals surface area contributed by atoms with Crippen molar-refractivity contribution < 1.29 is 4.79 Å². The predicted octanol–water partition coefficient (Wildman–Crippen LogP) is 2.45. The fraction of sp³-hybridized carbons (Fsp3) is 0.250. The largest absolute Gasteiger partial charge is 0.345 e. The molecular formula is C20H22N4O2. The summed E-state index contributed by atoms with van der Waals surface area (Å²) in [6, 6.07) is 12.7. The number of hydrogen-bond acceptors (Lipinski definition) is 3. The van der Waals surface area contributed by atoms with Gasteiger partial charge in [-0.1, -0.05) is 30.3 Å². The normalized spacial score (nSPS) is 11.9. The van der Waals surface area contributed by atoms with Crippen LogP contribution in [0.2, 0.25) is 0 Å². The molecule has 0 bridgehead atoms. The number of imidazole rings is 1. The molecule has 6 heteroatoms. The summed E-state index contributed by atoms with van der Waals surface area (Å²) in [4.78, 5) is 28.4. The Morgan fingerprint density at radius 3 is 2.62 bits per heavy atom. The van der Waals surface area contributed by atoms with Gasteiger partial charge in [-0.3, -0.25) is 9.59 Å². The van der Waals surface area contributed by atoms with Crippen molar-refractivity contribution in [3.63, 3.8) is 0 Å². The molecule has 1 atom stereocenters. The van der Waals surface area contributed by atoms with Crippen molar-refractivity contribution >= 4 is 5.91 Å². The maximum atomic E-state index is 12.7. The summed E-state index contributed by atoms with van der Waals surface area (Å²) < 4.78 is 3.47. The van der Waals surface area contributed by atoms with Crippen molar-refractivity contribution in [3.05, 3.63) is 88.4 Å². The Kier molecular flexibility index (Phi) is 5.31. The average molecular weight is 350 g/mol. The Labute approximate surface area is 152 Å². The lowest BCUT2D eigenvalue weighted by atomic mass is 10.0. The quantitative estimate of drug-likeness (QED) is 0.742. The minimum atomic E-state index is -0.197. The molecule has 2 heterocycles. The Balaban J connectivity index is 1.78. The molecule has 134 valence electrons. The standard InChI is InChI=1S/C20H22N4O2/c1-15-21-11-13-24(15)12-10-18(16-6-4-3-5-7-16)22-20(26)17-8-9-19(25)23(2)14-17/h3-9,11,13-14,18H,10,12H2,1-2H3,(H,22,26)/t18-/m1/s1. The minimum absolute atomic E-state index is 0.136. The van der Waals surface area contributed by atoms with Gasteiger partial charge in [0.15, 0.2) is 0 Å². The molecule has 1 aromatic carbocycles. The molecule has 2 aromatic heterocycles. The van der Waals surface area contributed by atoms with Gasteiger partial charge in [-0.05, 0) is 25.0 Å². The molecule has 0 radical (unpaired) electrons. The Morgan fingerprint density at radius 2 is 1.96 bits per heavy atom. The third kappa shape index (κ3) is 4.08. The summed E-state index contributed by atoms with van der Waals surface area (Å²) in [6.45, 7) is 2.71. The van der Waals surface area contributed by atoms with Crippen LogP contribution in [0.4, 0.5) is 0 Å². The Bertz CT molecular complexity index is 944. The van der Waals surface area contributed by atoms with Gasteiger partial charge in [-0.2, -0.15) is 0 Å². The van der Waals surface area contributed by atoms with Gasteiger partial charge in [0.05, 0.1) is 11.6 Å². The molecule has 0 aliphatic rings.